The molecule has 0 bridgehead atoms. The molecular weight excluding hydrogens is 606 g/mol. The van der Waals surface area contributed by atoms with Gasteiger partial charge in [-0.1, -0.05) is 88.9 Å². The summed E-state index contributed by atoms with van der Waals surface area (Å²) in [5.74, 6) is -1.04. The van der Waals surface area contributed by atoms with Gasteiger partial charge in [-0.3, -0.25) is 9.59 Å². The van der Waals surface area contributed by atoms with E-state index in [9.17, 15) is 19.2 Å². The SMILES string of the molecule is CCCCCC[C@@H]1C(=O)O[C@H]1C[C@H](CC/C=C/COCCOCCOCC(=O)OCc1ccccc1)OC(=O)[C@H](CC(C)C)NC=O. The summed E-state index contributed by atoms with van der Waals surface area (Å²) < 4.78 is 32.8. The quantitative estimate of drug-likeness (QED) is 0.0425. The van der Waals surface area contributed by atoms with E-state index in [0.717, 1.165) is 37.7 Å². The summed E-state index contributed by atoms with van der Waals surface area (Å²) in [5, 5.41) is 2.58. The fourth-order valence-electron chi connectivity index (χ4n) is 5.11. The standard InChI is InChI=1S/C36H55NO10/c1-4-5-6-12-17-31-33(47-35(31)40)24-30(46-36(41)32(37-27-38)23-28(2)3)16-11-8-13-18-42-19-20-43-21-22-44-26-34(39)45-25-29-14-9-7-10-15-29/h7-10,13-15,27-28,30-33H,4-6,11-12,16-26H2,1-3H3,(H,37,38)/b13-8+/t30-,31-,32-,33-/m0/s1. The number of allylic oxidation sites excluding steroid dienone is 1. The molecule has 11 heteroatoms. The number of rotatable bonds is 28. The van der Waals surface area contributed by atoms with Crippen LogP contribution in [0.2, 0.25) is 0 Å². The van der Waals surface area contributed by atoms with Crippen molar-refractivity contribution in [2.75, 3.05) is 39.6 Å². The van der Waals surface area contributed by atoms with Crippen molar-refractivity contribution in [3.63, 3.8) is 0 Å². The smallest absolute Gasteiger partial charge is 0.332 e. The average Bonchev–Trinajstić information content (AvgIpc) is 3.05. The molecule has 0 aliphatic carbocycles. The Labute approximate surface area is 280 Å². The molecule has 1 aromatic carbocycles. The highest BCUT2D eigenvalue weighted by Crippen LogP contribution is 2.32. The number of carbonyl (C=O) groups is 4. The zero-order valence-corrected chi connectivity index (χ0v) is 28.4. The molecule has 0 radical (unpaired) electrons. The second-order valence-corrected chi connectivity index (χ2v) is 12.1. The van der Waals surface area contributed by atoms with Gasteiger partial charge in [-0.2, -0.15) is 0 Å². The number of esters is 3. The zero-order chi connectivity index (χ0) is 34.1. The first-order chi connectivity index (χ1) is 22.8. The van der Waals surface area contributed by atoms with Crippen LogP contribution in [0.25, 0.3) is 0 Å². The van der Waals surface area contributed by atoms with E-state index in [0.29, 0.717) is 58.5 Å². The summed E-state index contributed by atoms with van der Waals surface area (Å²) in [4.78, 5) is 47.9. The number of hydrogen-bond acceptors (Lipinski definition) is 10. The summed E-state index contributed by atoms with van der Waals surface area (Å²) in [6, 6.07) is 8.73. The van der Waals surface area contributed by atoms with E-state index in [2.05, 4.69) is 12.2 Å². The van der Waals surface area contributed by atoms with E-state index in [1.54, 1.807) is 0 Å². The minimum Gasteiger partial charge on any atom is -0.461 e. The fourth-order valence-corrected chi connectivity index (χ4v) is 5.11. The van der Waals surface area contributed by atoms with Gasteiger partial charge in [0.15, 0.2) is 0 Å². The fraction of sp³-hybridized carbons (Fsp3) is 0.667. The molecule has 11 nitrogen and oxygen atoms in total. The van der Waals surface area contributed by atoms with Crippen LogP contribution >= 0.6 is 0 Å². The maximum absolute atomic E-state index is 13.0. The summed E-state index contributed by atoms with van der Waals surface area (Å²) >= 11 is 0. The third kappa shape index (κ3) is 18.0. The molecule has 1 N–H and O–H groups in total. The zero-order valence-electron chi connectivity index (χ0n) is 28.4. The van der Waals surface area contributed by atoms with E-state index in [-0.39, 0.29) is 43.7 Å². The number of benzene rings is 1. The number of nitrogens with one attached hydrogen (secondary N) is 1. The molecular formula is C36H55NO10. The number of hydrogen-bond donors (Lipinski definition) is 1. The molecule has 264 valence electrons. The van der Waals surface area contributed by atoms with Gasteiger partial charge in [0.25, 0.3) is 0 Å². The van der Waals surface area contributed by atoms with Crippen molar-refractivity contribution in [3.05, 3.63) is 48.0 Å². The van der Waals surface area contributed by atoms with Crippen molar-refractivity contribution in [1.29, 1.82) is 0 Å². The molecule has 1 amide bonds. The molecule has 4 atom stereocenters. The van der Waals surface area contributed by atoms with E-state index in [1.165, 1.54) is 0 Å². The lowest BCUT2D eigenvalue weighted by molar-refractivity contribution is -0.190. The number of cyclic esters (lactones) is 1. The number of carbonyl (C=O) groups excluding carboxylic acids is 4. The normalized spacial score (nSPS) is 17.1. The summed E-state index contributed by atoms with van der Waals surface area (Å²) in [6.07, 6.45) is 10.9. The number of amides is 1. The van der Waals surface area contributed by atoms with E-state index < -0.39 is 24.1 Å². The summed E-state index contributed by atoms with van der Waals surface area (Å²) in [5.41, 5.74) is 0.920. The molecule has 1 fully saturated rings. The molecule has 1 aliphatic rings. The third-order valence-electron chi connectivity index (χ3n) is 7.67. The molecule has 1 heterocycles. The van der Waals surface area contributed by atoms with Crippen LogP contribution in [0.4, 0.5) is 0 Å². The van der Waals surface area contributed by atoms with Gasteiger partial charge in [0.05, 0.1) is 39.0 Å². The van der Waals surface area contributed by atoms with Crippen LogP contribution in [0.5, 0.6) is 0 Å². The lowest BCUT2D eigenvalue weighted by Gasteiger charge is -2.37. The Morgan fingerprint density at radius 3 is 2.43 bits per heavy atom. The van der Waals surface area contributed by atoms with Crippen LogP contribution in [0, 0.1) is 11.8 Å². The Bertz CT molecular complexity index is 1050. The van der Waals surface area contributed by atoms with E-state index >= 15 is 0 Å². The predicted molar refractivity (Wildman–Crippen MR) is 176 cm³/mol. The molecule has 0 saturated carbocycles. The van der Waals surface area contributed by atoms with Crippen LogP contribution in [-0.2, 0) is 54.2 Å². The highest BCUT2D eigenvalue weighted by molar-refractivity contribution is 5.79. The van der Waals surface area contributed by atoms with Gasteiger partial charge in [0, 0.05) is 6.42 Å². The van der Waals surface area contributed by atoms with E-state index in [4.69, 9.17) is 28.4 Å². The highest BCUT2D eigenvalue weighted by Gasteiger charge is 2.43. The van der Waals surface area contributed by atoms with Crippen LogP contribution in [-0.4, -0.2) is 82.2 Å². The second-order valence-electron chi connectivity index (χ2n) is 12.1. The van der Waals surface area contributed by atoms with Gasteiger partial charge in [0.1, 0.15) is 31.5 Å². The molecule has 1 aliphatic heterocycles. The third-order valence-corrected chi connectivity index (χ3v) is 7.67. The Morgan fingerprint density at radius 2 is 1.72 bits per heavy atom. The first-order valence-electron chi connectivity index (χ1n) is 17.0. The van der Waals surface area contributed by atoms with Gasteiger partial charge < -0.3 is 33.7 Å². The van der Waals surface area contributed by atoms with Crippen molar-refractivity contribution in [3.8, 4) is 0 Å². The highest BCUT2D eigenvalue weighted by atomic mass is 16.6. The molecule has 2 rings (SSSR count). The molecule has 0 unspecified atom stereocenters. The maximum atomic E-state index is 13.0. The first kappa shape index (κ1) is 39.9. The lowest BCUT2D eigenvalue weighted by atomic mass is 9.86. The van der Waals surface area contributed by atoms with Crippen molar-refractivity contribution < 1.29 is 47.6 Å². The van der Waals surface area contributed by atoms with Crippen molar-refractivity contribution in [2.24, 2.45) is 11.8 Å². The van der Waals surface area contributed by atoms with Crippen LogP contribution in [0.3, 0.4) is 0 Å². The Kier molecular flexibility index (Phi) is 21.1. The summed E-state index contributed by atoms with van der Waals surface area (Å²) in [7, 11) is 0. The molecule has 1 saturated heterocycles. The largest absolute Gasteiger partial charge is 0.461 e. The minimum atomic E-state index is -0.719. The molecule has 0 spiro atoms. The summed E-state index contributed by atoms with van der Waals surface area (Å²) in [6.45, 7) is 7.99. The van der Waals surface area contributed by atoms with E-state index in [1.807, 2.05) is 56.3 Å². The van der Waals surface area contributed by atoms with Crippen LogP contribution in [0.1, 0.15) is 84.1 Å². The Hall–Kier alpha value is -3.28. The first-order valence-corrected chi connectivity index (χ1v) is 17.0. The second kappa shape index (κ2) is 24.8. The molecule has 47 heavy (non-hydrogen) atoms. The van der Waals surface area contributed by atoms with Crippen molar-refractivity contribution >= 4 is 24.3 Å². The monoisotopic (exact) mass is 661 g/mol. The Balaban J connectivity index is 1.64. The Morgan fingerprint density at radius 1 is 0.979 bits per heavy atom. The average molecular weight is 662 g/mol. The van der Waals surface area contributed by atoms with Crippen molar-refractivity contribution in [1.82, 2.24) is 5.32 Å². The predicted octanol–water partition coefficient (Wildman–Crippen LogP) is 5.09. The molecule has 1 aromatic rings. The van der Waals surface area contributed by atoms with Crippen LogP contribution in [0.15, 0.2) is 42.5 Å². The van der Waals surface area contributed by atoms with Gasteiger partial charge in [-0.05, 0) is 37.2 Å². The molecule has 0 aromatic heterocycles. The topological polar surface area (TPSA) is 136 Å². The minimum absolute atomic E-state index is 0.128. The number of ether oxygens (including phenoxy) is 6. The lowest BCUT2D eigenvalue weighted by Crippen LogP contribution is -2.48. The van der Waals surface area contributed by atoms with Crippen molar-refractivity contribution in [2.45, 2.75) is 103 Å². The van der Waals surface area contributed by atoms with Gasteiger partial charge in [0.2, 0.25) is 6.41 Å². The maximum Gasteiger partial charge on any atom is 0.332 e. The van der Waals surface area contributed by atoms with Crippen LogP contribution < -0.4 is 5.32 Å². The van der Waals surface area contributed by atoms with Gasteiger partial charge >= 0.3 is 17.9 Å². The van der Waals surface area contributed by atoms with Gasteiger partial charge in [-0.25, -0.2) is 9.59 Å². The van der Waals surface area contributed by atoms with Gasteiger partial charge in [-0.15, -0.1) is 0 Å². The number of unbranched alkanes of at least 4 members (excludes halogenated alkanes) is 3.